The fourth-order valence-electron chi connectivity index (χ4n) is 3.52. The molecule has 1 aliphatic heterocycles. The lowest BCUT2D eigenvalue weighted by Crippen LogP contribution is -2.19. The average molecular weight is 404 g/mol. The Hall–Kier alpha value is -2.89. The van der Waals surface area contributed by atoms with Crippen LogP contribution >= 0.6 is 0 Å². The monoisotopic (exact) mass is 403 g/mol. The molecule has 0 atom stereocenters. The SMILES string of the molecule is c1cc2nc(c1)COc1ccccc1CNCCCCNCc1ccccc1OC2. The Morgan fingerprint density at radius 2 is 1.10 bits per heavy atom. The fourth-order valence-corrected chi connectivity index (χ4v) is 3.52. The fraction of sp³-hybridized carbons (Fsp3) is 0.320. The van der Waals surface area contributed by atoms with Crippen molar-refractivity contribution in [3.05, 3.63) is 89.2 Å². The van der Waals surface area contributed by atoms with Crippen molar-refractivity contribution in [3.63, 3.8) is 0 Å². The Bertz CT molecular complexity index is 872. The first-order valence-electron chi connectivity index (χ1n) is 10.7. The smallest absolute Gasteiger partial charge is 0.130 e. The molecule has 1 aromatic heterocycles. The van der Waals surface area contributed by atoms with Crippen molar-refractivity contribution in [2.45, 2.75) is 39.1 Å². The van der Waals surface area contributed by atoms with Gasteiger partial charge in [0.2, 0.25) is 0 Å². The Balaban J connectivity index is 1.51. The molecule has 2 heterocycles. The van der Waals surface area contributed by atoms with Gasteiger partial charge >= 0.3 is 0 Å². The second-order valence-electron chi connectivity index (χ2n) is 7.47. The maximum Gasteiger partial charge on any atom is 0.130 e. The number of aromatic nitrogens is 1. The number of rotatable bonds is 0. The van der Waals surface area contributed by atoms with Crippen molar-refractivity contribution in [3.8, 4) is 11.5 Å². The van der Waals surface area contributed by atoms with Crippen LogP contribution in [-0.4, -0.2) is 18.1 Å². The van der Waals surface area contributed by atoms with Gasteiger partial charge in [-0.2, -0.15) is 0 Å². The van der Waals surface area contributed by atoms with Crippen molar-refractivity contribution >= 4 is 0 Å². The van der Waals surface area contributed by atoms with Crippen LogP contribution in [0.2, 0.25) is 0 Å². The van der Waals surface area contributed by atoms with Crippen LogP contribution in [0.15, 0.2) is 66.7 Å². The topological polar surface area (TPSA) is 55.4 Å². The summed E-state index contributed by atoms with van der Waals surface area (Å²) < 4.78 is 12.2. The Morgan fingerprint density at radius 1 is 0.600 bits per heavy atom. The molecule has 30 heavy (non-hydrogen) atoms. The van der Waals surface area contributed by atoms with Gasteiger partial charge in [0.15, 0.2) is 0 Å². The number of hydrogen-bond donors (Lipinski definition) is 2. The van der Waals surface area contributed by atoms with Crippen molar-refractivity contribution in [2.24, 2.45) is 0 Å². The van der Waals surface area contributed by atoms with Crippen LogP contribution in [-0.2, 0) is 26.3 Å². The predicted molar refractivity (Wildman–Crippen MR) is 118 cm³/mol. The maximum absolute atomic E-state index is 6.09. The normalized spacial score (nSPS) is 15.9. The van der Waals surface area contributed by atoms with Crippen LogP contribution in [0.4, 0.5) is 0 Å². The first kappa shape index (κ1) is 20.4. The lowest BCUT2D eigenvalue weighted by molar-refractivity contribution is 0.286. The van der Waals surface area contributed by atoms with E-state index in [2.05, 4.69) is 34.9 Å². The third kappa shape index (κ3) is 5.81. The van der Waals surface area contributed by atoms with Crippen molar-refractivity contribution in [1.82, 2.24) is 15.6 Å². The minimum atomic E-state index is 0.436. The summed E-state index contributed by atoms with van der Waals surface area (Å²) in [5, 5.41) is 7.07. The Labute approximate surface area is 178 Å². The van der Waals surface area contributed by atoms with Gasteiger partial charge in [-0.25, -0.2) is 0 Å². The van der Waals surface area contributed by atoms with Crippen molar-refractivity contribution < 1.29 is 9.47 Å². The quantitative estimate of drug-likeness (QED) is 0.589. The molecule has 2 bridgehead atoms. The number of nitrogens with zero attached hydrogens (tertiary/aromatic N) is 1. The van der Waals surface area contributed by atoms with Gasteiger partial charge < -0.3 is 20.1 Å². The minimum absolute atomic E-state index is 0.436. The number of ether oxygens (including phenoxy) is 2. The Kier molecular flexibility index (Phi) is 7.31. The van der Waals surface area contributed by atoms with Gasteiger partial charge in [-0.1, -0.05) is 42.5 Å². The molecule has 1 aliphatic rings. The number of fused-ring (bicyclic) bond motifs is 4. The van der Waals surface area contributed by atoms with Gasteiger partial charge in [0.05, 0.1) is 11.4 Å². The van der Waals surface area contributed by atoms with Gasteiger partial charge in [0, 0.05) is 24.2 Å². The maximum atomic E-state index is 6.09. The van der Waals surface area contributed by atoms with Crippen LogP contribution < -0.4 is 20.1 Å². The zero-order valence-electron chi connectivity index (χ0n) is 17.3. The number of pyridine rings is 1. The summed E-state index contributed by atoms with van der Waals surface area (Å²) in [5.41, 5.74) is 4.13. The predicted octanol–water partition coefficient (Wildman–Crippen LogP) is 4.21. The first-order chi connectivity index (χ1) is 14.9. The third-order valence-corrected chi connectivity index (χ3v) is 5.15. The number of benzene rings is 2. The van der Waals surface area contributed by atoms with Gasteiger partial charge in [0.1, 0.15) is 24.7 Å². The molecule has 0 saturated carbocycles. The molecule has 0 amide bonds. The molecule has 0 aliphatic carbocycles. The Morgan fingerprint density at radius 3 is 1.63 bits per heavy atom. The van der Waals surface area contributed by atoms with Crippen LogP contribution in [0.3, 0.4) is 0 Å². The van der Waals surface area contributed by atoms with Crippen LogP contribution in [0.25, 0.3) is 0 Å². The standard InChI is InChI=1S/C25H29N3O2/c1-3-12-24-20(8-1)16-26-14-5-6-15-27-17-21-9-2-4-13-25(21)30-19-23-11-7-10-22(28-23)18-29-24/h1-4,7-13,26-27H,5-6,14-19H2. The molecule has 4 rings (SSSR count). The zero-order valence-corrected chi connectivity index (χ0v) is 17.3. The van der Waals surface area contributed by atoms with Gasteiger partial charge in [0.25, 0.3) is 0 Å². The zero-order chi connectivity index (χ0) is 20.4. The molecular formula is C25H29N3O2. The molecule has 0 radical (unpaired) electrons. The number of hydrogen-bond acceptors (Lipinski definition) is 5. The second-order valence-corrected chi connectivity index (χ2v) is 7.47. The first-order valence-corrected chi connectivity index (χ1v) is 10.7. The van der Waals surface area contributed by atoms with Gasteiger partial charge in [-0.05, 0) is 50.2 Å². The van der Waals surface area contributed by atoms with E-state index in [1.807, 2.05) is 42.5 Å². The molecule has 2 N–H and O–H groups in total. The van der Waals surface area contributed by atoms with E-state index in [4.69, 9.17) is 14.5 Å². The highest BCUT2D eigenvalue weighted by molar-refractivity contribution is 5.34. The molecule has 5 heteroatoms. The summed E-state index contributed by atoms with van der Waals surface area (Å²) >= 11 is 0. The lowest BCUT2D eigenvalue weighted by Gasteiger charge is -2.13. The largest absolute Gasteiger partial charge is 0.487 e. The lowest BCUT2D eigenvalue weighted by atomic mass is 10.2. The van der Waals surface area contributed by atoms with E-state index in [9.17, 15) is 0 Å². The summed E-state index contributed by atoms with van der Waals surface area (Å²) in [4.78, 5) is 4.72. The van der Waals surface area contributed by atoms with E-state index >= 15 is 0 Å². The molecular weight excluding hydrogens is 374 g/mol. The average Bonchev–Trinajstić information content (AvgIpc) is 2.79. The van der Waals surface area contributed by atoms with E-state index in [0.717, 1.165) is 61.9 Å². The summed E-state index contributed by atoms with van der Waals surface area (Å²) in [6.07, 6.45) is 2.26. The summed E-state index contributed by atoms with van der Waals surface area (Å²) in [6.45, 7) is 4.45. The molecule has 0 fully saturated rings. The van der Waals surface area contributed by atoms with E-state index in [1.54, 1.807) is 0 Å². The molecule has 2 aromatic carbocycles. The van der Waals surface area contributed by atoms with Crippen LogP contribution in [0.5, 0.6) is 11.5 Å². The summed E-state index contributed by atoms with van der Waals surface area (Å²) in [6, 6.07) is 22.4. The number of nitrogens with one attached hydrogen (secondary N) is 2. The van der Waals surface area contributed by atoms with Gasteiger partial charge in [-0.15, -0.1) is 0 Å². The van der Waals surface area contributed by atoms with E-state index < -0.39 is 0 Å². The van der Waals surface area contributed by atoms with Gasteiger partial charge in [-0.3, -0.25) is 4.98 Å². The highest BCUT2D eigenvalue weighted by Crippen LogP contribution is 2.21. The molecule has 0 spiro atoms. The highest BCUT2D eigenvalue weighted by Gasteiger charge is 2.07. The summed E-state index contributed by atoms with van der Waals surface area (Å²) in [5.74, 6) is 1.81. The summed E-state index contributed by atoms with van der Waals surface area (Å²) in [7, 11) is 0. The molecule has 156 valence electrons. The minimum Gasteiger partial charge on any atom is -0.487 e. The molecule has 5 nitrogen and oxygen atoms in total. The molecule has 0 unspecified atom stereocenters. The highest BCUT2D eigenvalue weighted by atomic mass is 16.5. The van der Waals surface area contributed by atoms with Crippen LogP contribution in [0.1, 0.15) is 35.4 Å². The second kappa shape index (κ2) is 10.8. The van der Waals surface area contributed by atoms with Crippen molar-refractivity contribution in [1.29, 1.82) is 0 Å². The van der Waals surface area contributed by atoms with E-state index in [-0.39, 0.29) is 0 Å². The molecule has 0 saturated heterocycles. The number of para-hydroxylation sites is 2. The van der Waals surface area contributed by atoms with E-state index in [0.29, 0.717) is 13.2 Å². The van der Waals surface area contributed by atoms with E-state index in [1.165, 1.54) is 11.1 Å². The third-order valence-electron chi connectivity index (χ3n) is 5.15. The van der Waals surface area contributed by atoms with Crippen LogP contribution in [0, 0.1) is 0 Å². The van der Waals surface area contributed by atoms with Crippen molar-refractivity contribution in [2.75, 3.05) is 13.1 Å². The molecule has 3 aromatic rings.